The van der Waals surface area contributed by atoms with Gasteiger partial charge in [-0.15, -0.1) is 0 Å². The minimum Gasteiger partial charge on any atom is -0.444 e. The van der Waals surface area contributed by atoms with Crippen LogP contribution in [0.15, 0.2) is 26.1 Å². The van der Waals surface area contributed by atoms with E-state index in [4.69, 9.17) is 9.73 Å². The second-order valence-electron chi connectivity index (χ2n) is 8.80. The number of carbonyl (C=O) groups is 1. The Morgan fingerprint density at radius 3 is 2.69 bits per heavy atom. The number of aromatic nitrogens is 1. The molecule has 1 aromatic heterocycles. The van der Waals surface area contributed by atoms with Gasteiger partial charge in [0.2, 0.25) is 0 Å². The lowest BCUT2D eigenvalue weighted by Crippen LogP contribution is -2.60. The lowest BCUT2D eigenvalue weighted by molar-refractivity contribution is 0.0560. The number of alkyl carbamates (subject to hydrolysis) is 1. The molecule has 2 aliphatic rings. The van der Waals surface area contributed by atoms with Gasteiger partial charge in [0.1, 0.15) is 37.8 Å². The summed E-state index contributed by atoms with van der Waals surface area (Å²) in [6.07, 6.45) is 0.577. The van der Waals surface area contributed by atoms with Gasteiger partial charge in [0.25, 0.3) is 0 Å². The summed E-state index contributed by atoms with van der Waals surface area (Å²) < 4.78 is 37.9. The predicted octanol–water partition coefficient (Wildman–Crippen LogP) is 4.16. The number of rotatable bonds is 1. The minimum absolute atomic E-state index is 0.0242. The summed E-state index contributed by atoms with van der Waals surface area (Å²) in [5, 5.41) is 2.69. The lowest BCUT2D eigenvalue weighted by Gasteiger charge is -2.44. The Bertz CT molecular complexity index is 1000. The van der Waals surface area contributed by atoms with Crippen molar-refractivity contribution in [3.8, 4) is 0 Å². The number of ether oxygens (including phenoxy) is 1. The van der Waals surface area contributed by atoms with E-state index in [0.29, 0.717) is 17.6 Å². The van der Waals surface area contributed by atoms with Crippen molar-refractivity contribution in [2.75, 3.05) is 12.3 Å². The average molecular weight is 489 g/mol. The first-order valence-corrected chi connectivity index (χ1v) is 11.9. The lowest BCUT2D eigenvalue weighted by atomic mass is 9.96. The highest BCUT2D eigenvalue weighted by Crippen LogP contribution is 2.42. The third-order valence-electron chi connectivity index (χ3n) is 5.09. The van der Waals surface area contributed by atoms with E-state index in [1.165, 1.54) is 12.1 Å². The molecule has 160 valence electrons. The number of nitrogens with one attached hydrogen (secondary N) is 1. The zero-order valence-electron chi connectivity index (χ0n) is 17.2. The first-order valence-electron chi connectivity index (χ1n) is 9.41. The molecular formula is C19H26BrFN4O3S. The molecule has 1 N–H and O–H groups in total. The van der Waals surface area contributed by atoms with Gasteiger partial charge in [-0.2, -0.15) is 0 Å². The van der Waals surface area contributed by atoms with Crippen LogP contribution in [0.25, 0.3) is 0 Å². The first-order chi connectivity index (χ1) is 13.3. The molecule has 1 aromatic rings. The zero-order chi connectivity index (χ0) is 21.7. The number of hydrogen-bond donors (Lipinski definition) is 1. The standard InChI is InChI=1S/C19H26BrFN4O3S/c1-17(2,3)28-16(26)24-15-19(5)9-6-10-22-29(19,27)11-18(4,25-15)14-12(21)7-8-13(20)23-14/h7-8H,6,9-11H2,1-5H3,(H,24,25,26)/t18-,19-,29+/m0/s1. The number of fused-ring (bicyclic) bond motifs is 1. The van der Waals surface area contributed by atoms with Gasteiger partial charge in [0.05, 0.1) is 15.5 Å². The van der Waals surface area contributed by atoms with Gasteiger partial charge in [-0.3, -0.25) is 10.3 Å². The molecule has 0 unspecified atom stereocenters. The Kier molecular flexibility index (Phi) is 5.57. The van der Waals surface area contributed by atoms with Crippen molar-refractivity contribution in [3.63, 3.8) is 0 Å². The summed E-state index contributed by atoms with van der Waals surface area (Å²) >= 11 is 3.26. The topological polar surface area (TPSA) is 93.0 Å². The molecule has 0 saturated carbocycles. The molecule has 0 saturated heterocycles. The Labute approximate surface area is 179 Å². The van der Waals surface area contributed by atoms with E-state index in [1.807, 2.05) is 0 Å². The minimum atomic E-state index is -2.85. The van der Waals surface area contributed by atoms with E-state index >= 15 is 0 Å². The van der Waals surface area contributed by atoms with Crippen molar-refractivity contribution in [2.45, 2.75) is 63.3 Å². The SMILES string of the molecule is CC(C)(C)OC(=O)NC1=N[C@](C)(c2nc(Br)ccc2F)C[S@]2(=O)=NCCC[C@@]12C. The predicted molar refractivity (Wildman–Crippen MR) is 114 cm³/mol. The summed E-state index contributed by atoms with van der Waals surface area (Å²) in [6.45, 7) is 9.16. The van der Waals surface area contributed by atoms with Crippen LogP contribution < -0.4 is 5.32 Å². The number of hydrogen-bond acceptors (Lipinski definition) is 6. The number of nitrogens with zero attached hydrogens (tertiary/aromatic N) is 3. The van der Waals surface area contributed by atoms with Gasteiger partial charge in [0, 0.05) is 6.54 Å². The van der Waals surface area contributed by atoms with Gasteiger partial charge in [0.15, 0.2) is 0 Å². The quantitative estimate of drug-likeness (QED) is 0.600. The van der Waals surface area contributed by atoms with Crippen LogP contribution in [0.4, 0.5) is 9.18 Å². The van der Waals surface area contributed by atoms with Crippen LogP contribution in [0.3, 0.4) is 0 Å². The molecule has 0 spiro atoms. The fourth-order valence-electron chi connectivity index (χ4n) is 3.66. The van der Waals surface area contributed by atoms with Crippen LogP contribution in [0.2, 0.25) is 0 Å². The monoisotopic (exact) mass is 488 g/mol. The molecule has 0 aromatic carbocycles. The molecule has 3 atom stereocenters. The fourth-order valence-corrected chi connectivity index (χ4v) is 6.91. The molecule has 0 aliphatic carbocycles. The van der Waals surface area contributed by atoms with Crippen molar-refractivity contribution < 1.29 is 18.1 Å². The third kappa shape index (κ3) is 4.19. The maximum absolute atomic E-state index is 14.7. The van der Waals surface area contributed by atoms with Gasteiger partial charge in [-0.25, -0.2) is 22.7 Å². The average Bonchev–Trinajstić information content (AvgIpc) is 2.56. The Hall–Kier alpha value is -1.55. The molecule has 29 heavy (non-hydrogen) atoms. The van der Waals surface area contributed by atoms with Crippen LogP contribution >= 0.6 is 15.9 Å². The van der Waals surface area contributed by atoms with Gasteiger partial charge in [-0.05, 0) is 75.5 Å². The van der Waals surface area contributed by atoms with Crippen molar-refractivity contribution >= 4 is 37.6 Å². The highest BCUT2D eigenvalue weighted by molar-refractivity contribution is 9.10. The number of amidine groups is 1. The van der Waals surface area contributed by atoms with E-state index < -0.39 is 37.5 Å². The smallest absolute Gasteiger partial charge is 0.413 e. The van der Waals surface area contributed by atoms with Crippen molar-refractivity contribution in [1.82, 2.24) is 10.3 Å². The molecule has 2 aliphatic heterocycles. The van der Waals surface area contributed by atoms with Gasteiger partial charge in [-0.1, -0.05) is 0 Å². The summed E-state index contributed by atoms with van der Waals surface area (Å²) in [5.74, 6) is -0.329. The number of halogens is 2. The van der Waals surface area contributed by atoms with Crippen LogP contribution in [0, 0.1) is 5.82 Å². The van der Waals surface area contributed by atoms with Crippen molar-refractivity contribution in [1.29, 1.82) is 0 Å². The van der Waals surface area contributed by atoms with Crippen molar-refractivity contribution in [2.24, 2.45) is 9.36 Å². The van der Waals surface area contributed by atoms with Crippen LogP contribution in [0.5, 0.6) is 0 Å². The van der Waals surface area contributed by atoms with E-state index in [-0.39, 0.29) is 17.3 Å². The molecule has 3 heterocycles. The third-order valence-corrected chi connectivity index (χ3v) is 8.89. The maximum Gasteiger partial charge on any atom is 0.413 e. The second-order valence-corrected chi connectivity index (χ2v) is 12.3. The molecule has 0 bridgehead atoms. The van der Waals surface area contributed by atoms with Crippen LogP contribution in [-0.2, 0) is 20.0 Å². The van der Waals surface area contributed by atoms with Crippen LogP contribution in [0.1, 0.15) is 53.2 Å². The first kappa shape index (κ1) is 22.1. The largest absolute Gasteiger partial charge is 0.444 e. The number of amides is 1. The molecule has 0 radical (unpaired) electrons. The molecular weight excluding hydrogens is 463 g/mol. The van der Waals surface area contributed by atoms with E-state index in [0.717, 1.165) is 6.42 Å². The summed E-state index contributed by atoms with van der Waals surface area (Å²) in [4.78, 5) is 21.4. The Morgan fingerprint density at radius 2 is 2.03 bits per heavy atom. The summed E-state index contributed by atoms with van der Waals surface area (Å²) in [7, 11) is -2.85. The highest BCUT2D eigenvalue weighted by Gasteiger charge is 2.53. The highest BCUT2D eigenvalue weighted by atomic mass is 79.9. The molecule has 10 heteroatoms. The summed E-state index contributed by atoms with van der Waals surface area (Å²) in [5.41, 5.74) is -1.91. The molecule has 3 rings (SSSR count). The zero-order valence-corrected chi connectivity index (χ0v) is 19.6. The van der Waals surface area contributed by atoms with E-state index in [9.17, 15) is 13.4 Å². The molecule has 7 nitrogen and oxygen atoms in total. The van der Waals surface area contributed by atoms with E-state index in [1.54, 1.807) is 34.6 Å². The second kappa shape index (κ2) is 7.30. The molecule has 0 fully saturated rings. The normalized spacial score (nSPS) is 31.9. The fraction of sp³-hybridized carbons (Fsp3) is 0.632. The van der Waals surface area contributed by atoms with E-state index in [2.05, 4.69) is 30.6 Å². The number of carbonyl (C=O) groups excluding carboxylic acids is 1. The Balaban J connectivity index is 2.15. The van der Waals surface area contributed by atoms with Gasteiger partial charge < -0.3 is 4.74 Å². The number of pyridine rings is 1. The maximum atomic E-state index is 14.7. The Morgan fingerprint density at radius 1 is 1.34 bits per heavy atom. The van der Waals surface area contributed by atoms with Gasteiger partial charge >= 0.3 is 6.09 Å². The van der Waals surface area contributed by atoms with Crippen LogP contribution in [-0.4, -0.2) is 43.8 Å². The number of aliphatic imine (C=N–C) groups is 1. The molecule has 1 amide bonds. The van der Waals surface area contributed by atoms with Crippen molar-refractivity contribution in [3.05, 3.63) is 28.2 Å². The summed E-state index contributed by atoms with van der Waals surface area (Å²) in [6, 6.07) is 2.77.